The highest BCUT2D eigenvalue weighted by atomic mass is 35.5. The van der Waals surface area contributed by atoms with Gasteiger partial charge in [0, 0.05) is 49.9 Å². The number of nitrogens with zero attached hydrogens (tertiary/aromatic N) is 4. The number of carbonyl (C=O) groups excluding carboxylic acids is 2. The minimum absolute atomic E-state index is 0.0791. The van der Waals surface area contributed by atoms with Crippen molar-refractivity contribution in [2.75, 3.05) is 62.5 Å². The number of anilines is 3. The fourth-order valence-corrected chi connectivity index (χ4v) is 5.12. The lowest BCUT2D eigenvalue weighted by atomic mass is 9.92. The number of amides is 4. The van der Waals surface area contributed by atoms with E-state index in [4.69, 9.17) is 42.5 Å². The van der Waals surface area contributed by atoms with Gasteiger partial charge in [0.15, 0.2) is 0 Å². The number of urea groups is 2. The zero-order chi connectivity index (χ0) is 34.3. The molecule has 4 N–H and O–H groups in total. The molecule has 0 radical (unpaired) electrons. The quantitative estimate of drug-likeness (QED) is 0.142. The Morgan fingerprint density at radius 1 is 0.917 bits per heavy atom. The molecule has 4 amide bonds. The first-order chi connectivity index (χ1) is 23.0. The molecule has 0 unspecified atom stereocenters. The van der Waals surface area contributed by atoms with Crippen molar-refractivity contribution in [3.05, 3.63) is 76.5 Å². The maximum atomic E-state index is 13.2. The van der Waals surface area contributed by atoms with Gasteiger partial charge >= 0.3 is 12.1 Å². The van der Waals surface area contributed by atoms with Crippen LogP contribution in [-0.4, -0.2) is 78.2 Å². The number of morpholine rings is 1. The molecule has 1 fully saturated rings. The van der Waals surface area contributed by atoms with Crippen LogP contribution in [0.15, 0.2) is 60.8 Å². The summed E-state index contributed by atoms with van der Waals surface area (Å²) < 4.78 is 18.2. The predicted octanol–water partition coefficient (Wildman–Crippen LogP) is 6.77. The molecule has 5 rings (SSSR count). The maximum absolute atomic E-state index is 13.2. The number of carbonyl (C=O) groups is 2. The van der Waals surface area contributed by atoms with Crippen LogP contribution >= 0.6 is 23.2 Å². The van der Waals surface area contributed by atoms with Gasteiger partial charge in [-0.05, 0) is 42.5 Å². The number of aromatic nitrogens is 3. The number of benzene rings is 2. The molecule has 0 aliphatic carbocycles. The van der Waals surface area contributed by atoms with Crippen LogP contribution < -0.4 is 30.7 Å². The molecule has 0 bridgehead atoms. The topological polar surface area (TPSA) is 144 Å². The van der Waals surface area contributed by atoms with Gasteiger partial charge in [-0.2, -0.15) is 5.10 Å². The van der Waals surface area contributed by atoms with Crippen molar-refractivity contribution in [2.24, 2.45) is 0 Å². The van der Waals surface area contributed by atoms with Gasteiger partial charge in [0.05, 0.1) is 42.4 Å². The molecule has 13 nitrogen and oxygen atoms in total. The highest BCUT2D eigenvalue weighted by Crippen LogP contribution is 2.40. The van der Waals surface area contributed by atoms with Gasteiger partial charge in [-0.25, -0.2) is 19.3 Å². The minimum Gasteiger partial charge on any atom is -0.497 e. The van der Waals surface area contributed by atoms with Crippen LogP contribution in [0.4, 0.5) is 26.9 Å². The lowest BCUT2D eigenvalue weighted by molar-refractivity contribution is 0.0388. The molecule has 1 aliphatic heterocycles. The molecular formula is C33H38Cl2N8O5. The minimum atomic E-state index is -0.551. The SMILES string of the molecule is COc1ccc(-n2nc(C(C)(C)C)cc2NC(=O)Nc2ccc(Oc3ccnc(NC(=O)NCCN4CCOCC4)c3)c(Cl)c2Cl)cc1. The van der Waals surface area contributed by atoms with Gasteiger partial charge in [-0.15, -0.1) is 0 Å². The summed E-state index contributed by atoms with van der Waals surface area (Å²) in [5, 5.41) is 16.0. The van der Waals surface area contributed by atoms with Crippen molar-refractivity contribution in [1.29, 1.82) is 0 Å². The monoisotopic (exact) mass is 696 g/mol. The van der Waals surface area contributed by atoms with Gasteiger partial charge in [0.25, 0.3) is 0 Å². The Labute approximate surface area is 288 Å². The summed E-state index contributed by atoms with van der Waals surface area (Å²) in [6, 6.07) is 14.5. The molecule has 2 aromatic heterocycles. The molecule has 2 aromatic carbocycles. The van der Waals surface area contributed by atoms with Crippen LogP contribution in [0.25, 0.3) is 5.69 Å². The summed E-state index contributed by atoms with van der Waals surface area (Å²) in [6.07, 6.45) is 1.50. The number of ether oxygens (including phenoxy) is 3. The van der Waals surface area contributed by atoms with E-state index in [0.717, 1.165) is 31.0 Å². The third kappa shape index (κ3) is 9.07. The molecule has 48 heavy (non-hydrogen) atoms. The zero-order valence-corrected chi connectivity index (χ0v) is 28.6. The molecule has 0 spiro atoms. The number of hydrogen-bond acceptors (Lipinski definition) is 8. The number of rotatable bonds is 10. The fraction of sp³-hybridized carbons (Fsp3) is 0.333. The van der Waals surface area contributed by atoms with Crippen molar-refractivity contribution in [3.63, 3.8) is 0 Å². The smallest absolute Gasteiger partial charge is 0.324 e. The van der Waals surface area contributed by atoms with Gasteiger partial charge < -0.3 is 24.8 Å². The second kappa shape index (κ2) is 15.6. The third-order valence-corrected chi connectivity index (χ3v) is 8.21. The average Bonchev–Trinajstić information content (AvgIpc) is 3.49. The Morgan fingerprint density at radius 2 is 1.67 bits per heavy atom. The molecule has 0 saturated carbocycles. The van der Waals surface area contributed by atoms with Gasteiger partial charge in [0.1, 0.15) is 33.9 Å². The Morgan fingerprint density at radius 3 is 2.38 bits per heavy atom. The van der Waals surface area contributed by atoms with Gasteiger partial charge in [0.2, 0.25) is 0 Å². The Hall–Kier alpha value is -4.56. The van der Waals surface area contributed by atoms with Crippen molar-refractivity contribution < 1.29 is 23.8 Å². The normalized spacial score (nSPS) is 13.5. The Balaban J connectivity index is 1.21. The van der Waals surface area contributed by atoms with Crippen LogP contribution in [0.1, 0.15) is 26.5 Å². The highest BCUT2D eigenvalue weighted by molar-refractivity contribution is 6.45. The summed E-state index contributed by atoms with van der Waals surface area (Å²) in [4.78, 5) is 32.0. The van der Waals surface area contributed by atoms with Gasteiger partial charge in [-0.1, -0.05) is 44.0 Å². The van der Waals surface area contributed by atoms with Crippen LogP contribution in [0, 0.1) is 0 Å². The van der Waals surface area contributed by atoms with E-state index < -0.39 is 6.03 Å². The summed E-state index contributed by atoms with van der Waals surface area (Å²) in [6.45, 7) is 10.4. The Bertz CT molecular complexity index is 1740. The van der Waals surface area contributed by atoms with E-state index in [-0.39, 0.29) is 38.7 Å². The molecular weight excluding hydrogens is 659 g/mol. The second-order valence-corrected chi connectivity index (χ2v) is 12.7. The lowest BCUT2D eigenvalue weighted by Crippen LogP contribution is -2.42. The molecule has 1 saturated heterocycles. The van der Waals surface area contributed by atoms with Crippen molar-refractivity contribution in [3.8, 4) is 22.9 Å². The molecule has 4 aromatic rings. The summed E-state index contributed by atoms with van der Waals surface area (Å²) in [7, 11) is 1.60. The fourth-order valence-electron chi connectivity index (χ4n) is 4.72. The Kier molecular flexibility index (Phi) is 11.3. The summed E-state index contributed by atoms with van der Waals surface area (Å²) in [5.41, 5.74) is 1.53. The van der Waals surface area contributed by atoms with E-state index in [9.17, 15) is 9.59 Å². The number of nitrogens with one attached hydrogen (secondary N) is 4. The molecule has 3 heterocycles. The molecule has 0 atom stereocenters. The zero-order valence-electron chi connectivity index (χ0n) is 27.1. The third-order valence-electron chi connectivity index (χ3n) is 7.35. The maximum Gasteiger partial charge on any atom is 0.324 e. The first kappa shape index (κ1) is 34.8. The number of pyridine rings is 1. The average molecular weight is 698 g/mol. The van der Waals surface area contributed by atoms with E-state index in [1.807, 2.05) is 51.1 Å². The van der Waals surface area contributed by atoms with Crippen molar-refractivity contribution in [2.45, 2.75) is 26.2 Å². The first-order valence-corrected chi connectivity index (χ1v) is 16.1. The van der Waals surface area contributed by atoms with Crippen molar-refractivity contribution in [1.82, 2.24) is 25.0 Å². The standard InChI is InChI=1S/C33H38Cl2N8O5/c1-33(2,3)26-20-28(43(41-26)21-5-7-22(46-4)8-6-21)40-32(45)38-24-9-10-25(30(35)29(24)34)48-23-11-12-36-27(19-23)39-31(44)37-13-14-42-15-17-47-18-16-42/h5-12,19-20H,13-18H2,1-4H3,(H2,38,40,45)(H2,36,37,39,44). The van der Waals surface area contributed by atoms with Crippen LogP contribution in [0.2, 0.25) is 10.0 Å². The predicted molar refractivity (Wildman–Crippen MR) is 187 cm³/mol. The largest absolute Gasteiger partial charge is 0.497 e. The second-order valence-electron chi connectivity index (χ2n) is 11.9. The molecule has 1 aliphatic rings. The van der Waals surface area contributed by atoms with Crippen LogP contribution in [0.3, 0.4) is 0 Å². The van der Waals surface area contributed by atoms with E-state index in [1.54, 1.807) is 36.1 Å². The van der Waals surface area contributed by atoms with E-state index >= 15 is 0 Å². The number of hydrogen-bond donors (Lipinski definition) is 4. The van der Waals surface area contributed by atoms with Crippen LogP contribution in [-0.2, 0) is 10.2 Å². The molecule has 254 valence electrons. The summed E-state index contributed by atoms with van der Waals surface area (Å²) >= 11 is 13.1. The highest BCUT2D eigenvalue weighted by Gasteiger charge is 2.22. The first-order valence-electron chi connectivity index (χ1n) is 15.3. The van der Waals surface area contributed by atoms with E-state index in [1.165, 1.54) is 6.20 Å². The molecule has 15 heteroatoms. The van der Waals surface area contributed by atoms with E-state index in [2.05, 4.69) is 31.2 Å². The van der Waals surface area contributed by atoms with Gasteiger partial charge in [-0.3, -0.25) is 15.5 Å². The lowest BCUT2D eigenvalue weighted by Gasteiger charge is -2.26. The van der Waals surface area contributed by atoms with Crippen LogP contribution in [0.5, 0.6) is 17.2 Å². The number of halogens is 2. The van der Waals surface area contributed by atoms with E-state index in [0.29, 0.717) is 37.1 Å². The summed E-state index contributed by atoms with van der Waals surface area (Å²) in [5.74, 6) is 2.06. The van der Waals surface area contributed by atoms with Crippen molar-refractivity contribution >= 4 is 52.6 Å². The number of methoxy groups -OCH3 is 1.